The van der Waals surface area contributed by atoms with Crippen LogP contribution in [0, 0.1) is 6.92 Å². The topological polar surface area (TPSA) is 57.2 Å². The maximum absolute atomic E-state index is 10.4. The van der Waals surface area contributed by atoms with Crippen molar-refractivity contribution in [2.75, 3.05) is 0 Å². The van der Waals surface area contributed by atoms with Crippen LogP contribution in [0.25, 0.3) is 0 Å². The van der Waals surface area contributed by atoms with Crippen molar-refractivity contribution in [3.63, 3.8) is 0 Å². The Labute approximate surface area is 276 Å². The van der Waals surface area contributed by atoms with E-state index in [1.54, 1.807) is 33.7 Å². The molecule has 0 aliphatic carbocycles. The first-order valence-corrected chi connectivity index (χ1v) is 19.4. The van der Waals surface area contributed by atoms with Gasteiger partial charge in [-0.1, -0.05) is 126 Å². The molecule has 0 saturated heterocycles. The fourth-order valence-corrected chi connectivity index (χ4v) is 8.42. The highest BCUT2D eigenvalue weighted by Crippen LogP contribution is 2.38. The van der Waals surface area contributed by atoms with Crippen molar-refractivity contribution < 1.29 is 13.0 Å². The first-order valence-electron chi connectivity index (χ1n) is 16.8. The molecule has 0 unspecified atom stereocenters. The maximum atomic E-state index is 10.4. The summed E-state index contributed by atoms with van der Waals surface area (Å²) in [6, 6.07) is 33.5. The molecule has 0 N–H and O–H groups in total. The Bertz CT molecular complexity index is 1430. The molecule has 0 aromatic heterocycles. The van der Waals surface area contributed by atoms with E-state index in [1.165, 1.54) is 99.0 Å². The second-order valence-corrected chi connectivity index (χ2v) is 15.2. The standard InChI is InChI=1S/C33H45S.C7H8O3S/c1-4-7-12-19-28-26-29(20-13-8-5-2)33(30(27-28)21-14-9-6-3)34(31-22-15-10-16-23-31)32-24-17-11-18-25-32;1-6-2-4-7(5-3-6)11(8,9)10/h10-11,15-18,22-27H,4-9,12-14,19-21H2,1-3H3;2-5H,1H3,(H,8,9,10)/q+1;/p-1. The van der Waals surface area contributed by atoms with Crippen molar-refractivity contribution in [1.82, 2.24) is 0 Å². The predicted molar refractivity (Wildman–Crippen MR) is 190 cm³/mol. The van der Waals surface area contributed by atoms with E-state index in [0.29, 0.717) is 0 Å². The van der Waals surface area contributed by atoms with Gasteiger partial charge in [0.15, 0.2) is 14.7 Å². The molecule has 0 fully saturated rings. The molecular weight excluding hydrogens is 593 g/mol. The summed E-state index contributed by atoms with van der Waals surface area (Å²) < 4.78 is 31.2. The second-order valence-electron chi connectivity index (χ2n) is 11.8. The summed E-state index contributed by atoms with van der Waals surface area (Å²) in [5.41, 5.74) is 5.73. The van der Waals surface area contributed by atoms with Gasteiger partial charge in [0.1, 0.15) is 10.1 Å². The number of rotatable bonds is 16. The SMILES string of the molecule is CCCCCc1cc(CCCCC)c([S+](c2ccccc2)c2ccccc2)c(CCCCC)c1.Cc1ccc(S(=O)(=O)[O-])cc1. The Morgan fingerprint density at radius 2 is 1.00 bits per heavy atom. The zero-order valence-corrected chi connectivity index (χ0v) is 29.4. The quantitative estimate of drug-likeness (QED) is 0.0693. The number of aryl methyl sites for hydroxylation is 4. The molecule has 0 aliphatic heterocycles. The Morgan fingerprint density at radius 3 is 1.40 bits per heavy atom. The largest absolute Gasteiger partial charge is 0.744 e. The highest BCUT2D eigenvalue weighted by atomic mass is 32.2. The van der Waals surface area contributed by atoms with Gasteiger partial charge in [-0.15, -0.1) is 0 Å². The molecule has 0 saturated carbocycles. The number of benzene rings is 4. The van der Waals surface area contributed by atoms with Gasteiger partial charge in [-0.25, -0.2) is 8.42 Å². The van der Waals surface area contributed by atoms with Crippen LogP contribution in [-0.4, -0.2) is 13.0 Å². The van der Waals surface area contributed by atoms with Gasteiger partial charge < -0.3 is 4.55 Å². The van der Waals surface area contributed by atoms with E-state index in [4.69, 9.17) is 0 Å². The number of unbranched alkanes of at least 4 members (excludes halogenated alkanes) is 6. The third-order valence-corrected chi connectivity index (χ3v) is 11.2. The molecular formula is C40H52O3S2. The van der Waals surface area contributed by atoms with Crippen molar-refractivity contribution in [2.24, 2.45) is 0 Å². The van der Waals surface area contributed by atoms with Crippen LogP contribution in [0.4, 0.5) is 0 Å². The van der Waals surface area contributed by atoms with Gasteiger partial charge >= 0.3 is 0 Å². The van der Waals surface area contributed by atoms with E-state index in [1.807, 2.05) is 6.92 Å². The van der Waals surface area contributed by atoms with Gasteiger partial charge in [0, 0.05) is 11.1 Å². The molecule has 5 heteroatoms. The normalized spacial score (nSPS) is 11.3. The molecule has 4 rings (SSSR count). The van der Waals surface area contributed by atoms with Crippen LogP contribution in [0.2, 0.25) is 0 Å². The Hall–Kier alpha value is -2.86. The lowest BCUT2D eigenvalue weighted by atomic mass is 9.95. The maximum Gasteiger partial charge on any atom is 0.172 e. The van der Waals surface area contributed by atoms with Gasteiger partial charge in [-0.2, -0.15) is 0 Å². The first kappa shape index (κ1) is 36.6. The third kappa shape index (κ3) is 12.1. The van der Waals surface area contributed by atoms with Gasteiger partial charge in [-0.05, 0) is 87.4 Å². The lowest BCUT2D eigenvalue weighted by molar-refractivity contribution is 0.463. The Kier molecular flexibility index (Phi) is 16.0. The van der Waals surface area contributed by atoms with Crippen molar-refractivity contribution in [3.8, 4) is 0 Å². The third-order valence-electron chi connectivity index (χ3n) is 7.94. The average Bonchev–Trinajstić information content (AvgIpc) is 3.04. The second kappa shape index (κ2) is 19.6. The van der Waals surface area contributed by atoms with Crippen LogP contribution in [-0.2, 0) is 40.3 Å². The Balaban J connectivity index is 0.000000423. The fourth-order valence-electron chi connectivity index (χ4n) is 5.50. The zero-order valence-electron chi connectivity index (χ0n) is 27.8. The fraction of sp³-hybridized carbons (Fsp3) is 0.400. The molecule has 242 valence electrons. The summed E-state index contributed by atoms with van der Waals surface area (Å²) >= 11 is 0. The van der Waals surface area contributed by atoms with Gasteiger partial charge in [0.2, 0.25) is 0 Å². The summed E-state index contributed by atoms with van der Waals surface area (Å²) in [5.74, 6) is 0. The molecule has 0 aliphatic rings. The predicted octanol–water partition coefficient (Wildman–Crippen LogP) is 10.9. The molecule has 45 heavy (non-hydrogen) atoms. The lowest BCUT2D eigenvalue weighted by Gasteiger charge is -2.18. The van der Waals surface area contributed by atoms with Crippen LogP contribution < -0.4 is 0 Å². The summed E-state index contributed by atoms with van der Waals surface area (Å²) in [6.07, 6.45) is 15.3. The van der Waals surface area contributed by atoms with E-state index in [2.05, 4.69) is 93.6 Å². The van der Waals surface area contributed by atoms with E-state index in [0.717, 1.165) is 5.56 Å². The van der Waals surface area contributed by atoms with Crippen molar-refractivity contribution in [3.05, 3.63) is 119 Å². The molecule has 4 aromatic rings. The summed E-state index contributed by atoms with van der Waals surface area (Å²) in [6.45, 7) is 8.76. The Morgan fingerprint density at radius 1 is 0.578 bits per heavy atom. The number of hydrogen-bond acceptors (Lipinski definition) is 3. The molecule has 3 nitrogen and oxygen atoms in total. The zero-order chi connectivity index (χ0) is 32.5. The van der Waals surface area contributed by atoms with Crippen LogP contribution in [0.15, 0.2) is 117 Å². The van der Waals surface area contributed by atoms with Gasteiger partial charge in [0.25, 0.3) is 0 Å². The van der Waals surface area contributed by atoms with Crippen LogP contribution >= 0.6 is 0 Å². The highest BCUT2D eigenvalue weighted by Gasteiger charge is 2.33. The molecule has 0 heterocycles. The van der Waals surface area contributed by atoms with Crippen molar-refractivity contribution >= 4 is 21.0 Å². The summed E-state index contributed by atoms with van der Waals surface area (Å²) in [5, 5.41) is 0. The van der Waals surface area contributed by atoms with E-state index >= 15 is 0 Å². The average molecular weight is 645 g/mol. The molecule has 0 radical (unpaired) electrons. The van der Waals surface area contributed by atoms with Gasteiger partial charge in [0.05, 0.1) is 15.8 Å². The highest BCUT2D eigenvalue weighted by molar-refractivity contribution is 7.97. The van der Waals surface area contributed by atoms with Crippen LogP contribution in [0.1, 0.15) is 101 Å². The van der Waals surface area contributed by atoms with Crippen LogP contribution in [0.3, 0.4) is 0 Å². The number of hydrogen-bond donors (Lipinski definition) is 0. The van der Waals surface area contributed by atoms with Gasteiger partial charge in [-0.3, -0.25) is 0 Å². The molecule has 4 aromatic carbocycles. The molecule has 0 spiro atoms. The molecule has 0 amide bonds. The van der Waals surface area contributed by atoms with E-state index in [9.17, 15) is 13.0 Å². The van der Waals surface area contributed by atoms with E-state index < -0.39 is 10.1 Å². The molecule has 0 bridgehead atoms. The molecule has 0 atom stereocenters. The van der Waals surface area contributed by atoms with Crippen molar-refractivity contribution in [2.45, 2.75) is 124 Å². The monoisotopic (exact) mass is 644 g/mol. The minimum absolute atomic E-state index is 0.0642. The summed E-state index contributed by atoms with van der Waals surface area (Å²) in [7, 11) is -4.33. The first-order chi connectivity index (χ1) is 21.8. The smallest absolute Gasteiger partial charge is 0.172 e. The minimum Gasteiger partial charge on any atom is -0.744 e. The van der Waals surface area contributed by atoms with Crippen molar-refractivity contribution in [1.29, 1.82) is 0 Å². The van der Waals surface area contributed by atoms with E-state index in [-0.39, 0.29) is 15.8 Å². The summed E-state index contributed by atoms with van der Waals surface area (Å²) in [4.78, 5) is 4.34. The minimum atomic E-state index is -4.27. The van der Waals surface area contributed by atoms with Crippen LogP contribution in [0.5, 0.6) is 0 Å². The lowest BCUT2D eigenvalue weighted by Crippen LogP contribution is -2.13.